The topological polar surface area (TPSA) is 94.9 Å². The number of aliphatic hydroxyl groups is 2. The number of allylic oxidation sites excluding steroid dienone is 4. The molecule has 1 heterocycles. The number of Topliss-reactive ketones (excluding diaryl/α,β-unsaturated/α-hetero) is 2. The Labute approximate surface area is 226 Å². The monoisotopic (exact) mass is 539 g/mol. The molecule has 5 aliphatic rings. The zero-order valence-electron chi connectivity index (χ0n) is 22.3. The van der Waals surface area contributed by atoms with Crippen molar-refractivity contribution >= 4 is 17.3 Å². The largest absolute Gasteiger partial charge is 0.390 e. The second-order valence-electron chi connectivity index (χ2n) is 12.8. The van der Waals surface area contributed by atoms with Crippen LogP contribution >= 0.6 is 0 Å². The van der Waals surface area contributed by atoms with Gasteiger partial charge in [0.05, 0.1) is 18.1 Å². The number of aliphatic hydroxyl groups excluding tert-OH is 2. The molecule has 6 rings (SSSR count). The minimum absolute atomic E-state index is 0.0328. The molecule has 39 heavy (non-hydrogen) atoms. The summed E-state index contributed by atoms with van der Waals surface area (Å²) < 4.78 is 33.2. The lowest BCUT2D eigenvalue weighted by Gasteiger charge is -2.63. The molecule has 4 aliphatic carbocycles. The van der Waals surface area contributed by atoms with Crippen molar-refractivity contribution < 1.29 is 33.4 Å². The molecular formula is C31H35F2NO5. The lowest BCUT2D eigenvalue weighted by atomic mass is 9.43. The Morgan fingerprint density at radius 1 is 1.13 bits per heavy atom. The Morgan fingerprint density at radius 3 is 2.54 bits per heavy atom. The lowest BCUT2D eigenvalue weighted by molar-refractivity contribution is -0.212. The van der Waals surface area contributed by atoms with Crippen molar-refractivity contribution in [1.82, 2.24) is 4.90 Å². The third kappa shape index (κ3) is 3.31. The standard InChI is InChI=1S/C31H35F2NO5/c1-28-9-8-20(36)11-23(28)24(32)12-22-21-10-19-14-34(15-25(37)18-6-4-3-5-7-18)17-30(19,27(39)16-35)29(21,2)13-26(38)31(22,28)33/h3-9,11,19,21-22,24,26,35,38H,10,12-17H2,1-2H3/t19-,21-,22-,24-,26-,28-,29-,30+,31-/m0/s1. The zero-order valence-corrected chi connectivity index (χ0v) is 22.3. The number of likely N-dealkylation sites (tertiary alicyclic amines) is 1. The van der Waals surface area contributed by atoms with E-state index in [0.29, 0.717) is 18.5 Å². The number of halogens is 2. The van der Waals surface area contributed by atoms with E-state index in [2.05, 4.69) is 0 Å². The molecule has 0 bridgehead atoms. The molecule has 1 aliphatic heterocycles. The number of hydrogen-bond donors (Lipinski definition) is 2. The van der Waals surface area contributed by atoms with Crippen molar-refractivity contribution in [3.05, 3.63) is 59.7 Å². The van der Waals surface area contributed by atoms with E-state index < -0.39 is 58.4 Å². The highest BCUT2D eigenvalue weighted by atomic mass is 19.1. The number of ketones is 3. The van der Waals surface area contributed by atoms with E-state index in [1.807, 2.05) is 17.9 Å². The van der Waals surface area contributed by atoms with Gasteiger partial charge in [-0.3, -0.25) is 19.3 Å². The van der Waals surface area contributed by atoms with Crippen molar-refractivity contribution in [1.29, 1.82) is 0 Å². The van der Waals surface area contributed by atoms with Gasteiger partial charge in [-0.05, 0) is 61.2 Å². The molecule has 0 aromatic heterocycles. The first kappa shape index (κ1) is 26.7. The number of carbonyl (C=O) groups excluding carboxylic acids is 3. The van der Waals surface area contributed by atoms with Crippen LogP contribution < -0.4 is 0 Å². The fourth-order valence-electron chi connectivity index (χ4n) is 9.56. The van der Waals surface area contributed by atoms with E-state index in [0.717, 1.165) is 0 Å². The molecule has 4 fully saturated rings. The summed E-state index contributed by atoms with van der Waals surface area (Å²) in [7, 11) is 0. The van der Waals surface area contributed by atoms with E-state index in [1.165, 1.54) is 18.2 Å². The summed E-state index contributed by atoms with van der Waals surface area (Å²) in [6.07, 6.45) is 1.01. The van der Waals surface area contributed by atoms with E-state index in [1.54, 1.807) is 31.2 Å². The number of fused-ring (bicyclic) bond motifs is 7. The van der Waals surface area contributed by atoms with Crippen LogP contribution in [0.25, 0.3) is 0 Å². The van der Waals surface area contributed by atoms with E-state index in [4.69, 9.17) is 0 Å². The molecule has 0 unspecified atom stereocenters. The van der Waals surface area contributed by atoms with Crippen molar-refractivity contribution in [3.8, 4) is 0 Å². The van der Waals surface area contributed by atoms with Gasteiger partial charge in [-0.1, -0.05) is 43.3 Å². The van der Waals surface area contributed by atoms with Crippen LogP contribution in [-0.4, -0.2) is 76.6 Å². The van der Waals surface area contributed by atoms with Crippen LogP contribution in [0.2, 0.25) is 0 Å². The predicted molar refractivity (Wildman–Crippen MR) is 139 cm³/mol. The van der Waals surface area contributed by atoms with Crippen LogP contribution in [0.5, 0.6) is 0 Å². The van der Waals surface area contributed by atoms with Gasteiger partial charge in [-0.2, -0.15) is 0 Å². The van der Waals surface area contributed by atoms with Crippen LogP contribution in [0.15, 0.2) is 54.1 Å². The zero-order chi connectivity index (χ0) is 28.0. The van der Waals surface area contributed by atoms with Gasteiger partial charge in [0.1, 0.15) is 12.8 Å². The Hall–Kier alpha value is -2.55. The van der Waals surface area contributed by atoms with Crippen molar-refractivity contribution in [2.75, 3.05) is 26.2 Å². The van der Waals surface area contributed by atoms with Gasteiger partial charge in [-0.15, -0.1) is 0 Å². The lowest BCUT2D eigenvalue weighted by Crippen LogP contribution is -2.69. The van der Waals surface area contributed by atoms with Gasteiger partial charge in [-0.25, -0.2) is 8.78 Å². The first-order chi connectivity index (χ1) is 18.4. The minimum atomic E-state index is -2.21. The average molecular weight is 540 g/mol. The number of rotatable bonds is 5. The maximum atomic E-state index is 17.5. The van der Waals surface area contributed by atoms with Crippen LogP contribution in [0.1, 0.15) is 43.5 Å². The van der Waals surface area contributed by atoms with Crippen molar-refractivity contribution in [2.45, 2.75) is 51.1 Å². The van der Waals surface area contributed by atoms with Gasteiger partial charge in [0.2, 0.25) is 0 Å². The summed E-state index contributed by atoms with van der Waals surface area (Å²) in [6.45, 7) is 3.51. The summed E-state index contributed by atoms with van der Waals surface area (Å²) in [6, 6.07) is 8.91. The first-order valence-corrected chi connectivity index (χ1v) is 13.8. The normalized spacial score (nSPS) is 44.7. The minimum Gasteiger partial charge on any atom is -0.390 e. The highest BCUT2D eigenvalue weighted by Crippen LogP contribution is 2.74. The SMILES string of the molecule is C[C@]12C=CC(=O)C=C1[C@@H](F)C[C@H]1[C@@H]3C[C@H]4CN(CC(=O)c5ccccc5)C[C@@]4(C(=O)CO)[C@@]3(C)C[C@H](O)[C@@]12F. The number of hydrogen-bond acceptors (Lipinski definition) is 6. The third-order valence-corrected chi connectivity index (χ3v) is 11.3. The van der Waals surface area contributed by atoms with Gasteiger partial charge in [0.25, 0.3) is 0 Å². The van der Waals surface area contributed by atoms with Crippen molar-refractivity contribution in [3.63, 3.8) is 0 Å². The van der Waals surface area contributed by atoms with E-state index in [-0.39, 0.29) is 49.0 Å². The molecule has 2 N–H and O–H groups in total. The van der Waals surface area contributed by atoms with Crippen molar-refractivity contribution in [2.24, 2.45) is 34.0 Å². The molecule has 0 spiro atoms. The number of alkyl halides is 2. The molecule has 8 heteroatoms. The van der Waals surface area contributed by atoms with Gasteiger partial charge in [0, 0.05) is 30.0 Å². The molecule has 0 radical (unpaired) electrons. The molecule has 1 aromatic carbocycles. The molecular weight excluding hydrogens is 504 g/mol. The highest BCUT2D eigenvalue weighted by Gasteiger charge is 2.78. The van der Waals surface area contributed by atoms with Gasteiger partial charge >= 0.3 is 0 Å². The number of nitrogens with zero attached hydrogens (tertiary/aromatic N) is 1. The Balaban J connectivity index is 1.37. The van der Waals surface area contributed by atoms with Gasteiger partial charge in [0.15, 0.2) is 23.0 Å². The Morgan fingerprint density at radius 2 is 1.85 bits per heavy atom. The average Bonchev–Trinajstić information content (AvgIpc) is 3.39. The Kier molecular flexibility index (Phi) is 5.96. The summed E-state index contributed by atoms with van der Waals surface area (Å²) in [4.78, 5) is 40.6. The fourth-order valence-corrected chi connectivity index (χ4v) is 9.56. The molecule has 0 amide bonds. The molecule has 6 nitrogen and oxygen atoms in total. The summed E-state index contributed by atoms with van der Waals surface area (Å²) in [5.41, 5.74) is -5.05. The third-order valence-electron chi connectivity index (χ3n) is 11.3. The molecule has 1 saturated heterocycles. The Bertz CT molecular complexity index is 1300. The molecule has 208 valence electrons. The summed E-state index contributed by atoms with van der Waals surface area (Å²) in [5, 5.41) is 21.7. The van der Waals surface area contributed by atoms with E-state index in [9.17, 15) is 24.6 Å². The summed E-state index contributed by atoms with van der Waals surface area (Å²) in [5.74, 6) is -2.40. The molecule has 1 aromatic rings. The highest BCUT2D eigenvalue weighted by molar-refractivity contribution is 6.01. The van der Waals surface area contributed by atoms with Gasteiger partial charge < -0.3 is 10.2 Å². The van der Waals surface area contributed by atoms with Crippen LogP contribution in [0.3, 0.4) is 0 Å². The van der Waals surface area contributed by atoms with Crippen LogP contribution in [0, 0.1) is 34.0 Å². The number of carbonyl (C=O) groups is 3. The summed E-state index contributed by atoms with van der Waals surface area (Å²) >= 11 is 0. The van der Waals surface area contributed by atoms with Crippen LogP contribution in [0.4, 0.5) is 8.78 Å². The second-order valence-corrected chi connectivity index (χ2v) is 12.8. The fraction of sp³-hybridized carbons (Fsp3) is 0.581. The van der Waals surface area contributed by atoms with Crippen LogP contribution in [-0.2, 0) is 9.59 Å². The maximum absolute atomic E-state index is 17.5. The molecule has 3 saturated carbocycles. The maximum Gasteiger partial charge on any atom is 0.178 e. The predicted octanol–water partition coefficient (Wildman–Crippen LogP) is 3.28. The molecule has 9 atom stereocenters. The van der Waals surface area contributed by atoms with E-state index >= 15 is 8.78 Å². The first-order valence-electron chi connectivity index (χ1n) is 13.8. The number of benzene rings is 1. The second kappa shape index (κ2) is 8.72. The smallest absolute Gasteiger partial charge is 0.178 e. The quantitative estimate of drug-likeness (QED) is 0.558.